The highest BCUT2D eigenvalue weighted by molar-refractivity contribution is 8.18. The molecule has 0 radical (unpaired) electrons. The number of hydrogen-bond acceptors (Lipinski definition) is 5. The lowest BCUT2D eigenvalue weighted by molar-refractivity contribution is -0.385. The van der Waals surface area contributed by atoms with Crippen molar-refractivity contribution in [3.05, 3.63) is 97.9 Å². The van der Waals surface area contributed by atoms with Gasteiger partial charge in [0.2, 0.25) is 0 Å². The second-order valence-corrected chi connectivity index (χ2v) is 8.29. The van der Waals surface area contributed by atoms with Crippen LogP contribution in [0.15, 0.2) is 59.5 Å². The first-order chi connectivity index (χ1) is 15.3. The molecule has 2 heterocycles. The van der Waals surface area contributed by atoms with Crippen molar-refractivity contribution in [1.29, 1.82) is 0 Å². The average molecular weight is 451 g/mol. The highest BCUT2D eigenvalue weighted by atomic mass is 32.2. The third kappa shape index (κ3) is 3.94. The zero-order valence-electron chi connectivity index (χ0n) is 17.2. The number of carbonyl (C=O) groups is 2. The van der Waals surface area contributed by atoms with Gasteiger partial charge in [0.25, 0.3) is 16.8 Å². The summed E-state index contributed by atoms with van der Waals surface area (Å²) in [6.07, 6.45) is 1.65. The van der Waals surface area contributed by atoms with Crippen LogP contribution in [0, 0.1) is 29.8 Å². The van der Waals surface area contributed by atoms with E-state index in [-0.39, 0.29) is 28.5 Å². The molecule has 1 aromatic heterocycles. The molecule has 1 fully saturated rings. The number of thioether (sulfide) groups is 1. The van der Waals surface area contributed by atoms with E-state index in [4.69, 9.17) is 0 Å². The summed E-state index contributed by atoms with van der Waals surface area (Å²) in [4.78, 5) is 37.4. The lowest BCUT2D eigenvalue weighted by Crippen LogP contribution is -2.27. The number of nitrogens with zero attached hydrogens (tertiary/aromatic N) is 3. The minimum Gasteiger partial charge on any atom is -0.318 e. The van der Waals surface area contributed by atoms with Gasteiger partial charge in [-0.05, 0) is 67.6 Å². The highest BCUT2D eigenvalue weighted by Gasteiger charge is 2.36. The number of amides is 2. The minimum atomic E-state index is -0.533. The van der Waals surface area contributed by atoms with Crippen molar-refractivity contribution < 1.29 is 18.9 Å². The van der Waals surface area contributed by atoms with E-state index in [1.807, 2.05) is 24.5 Å². The number of benzene rings is 2. The summed E-state index contributed by atoms with van der Waals surface area (Å²) in [6.45, 7) is 3.60. The maximum absolute atomic E-state index is 13.3. The van der Waals surface area contributed by atoms with Crippen LogP contribution in [0.25, 0.3) is 11.8 Å². The van der Waals surface area contributed by atoms with E-state index in [1.165, 1.54) is 30.3 Å². The Labute approximate surface area is 187 Å². The third-order valence-electron chi connectivity index (χ3n) is 5.23. The number of imide groups is 1. The molecular formula is C23H18FN3O4S. The van der Waals surface area contributed by atoms with E-state index < -0.39 is 16.1 Å². The van der Waals surface area contributed by atoms with Gasteiger partial charge in [-0.2, -0.15) is 0 Å². The Morgan fingerprint density at radius 2 is 1.78 bits per heavy atom. The van der Waals surface area contributed by atoms with Crippen LogP contribution < -0.4 is 0 Å². The van der Waals surface area contributed by atoms with Crippen LogP contribution in [0.5, 0.6) is 0 Å². The fourth-order valence-electron chi connectivity index (χ4n) is 3.69. The fourth-order valence-corrected chi connectivity index (χ4v) is 4.52. The van der Waals surface area contributed by atoms with Crippen LogP contribution in [0.3, 0.4) is 0 Å². The maximum Gasteiger partial charge on any atom is 0.293 e. The first-order valence-corrected chi connectivity index (χ1v) is 10.5. The Bertz CT molecular complexity index is 1280. The zero-order valence-corrected chi connectivity index (χ0v) is 18.1. The third-order valence-corrected chi connectivity index (χ3v) is 6.14. The van der Waals surface area contributed by atoms with Gasteiger partial charge < -0.3 is 4.57 Å². The molecule has 7 nitrogen and oxygen atoms in total. The van der Waals surface area contributed by atoms with E-state index in [1.54, 1.807) is 24.3 Å². The molecule has 162 valence electrons. The van der Waals surface area contributed by atoms with Gasteiger partial charge in [-0.25, -0.2) is 4.39 Å². The summed E-state index contributed by atoms with van der Waals surface area (Å²) in [6, 6.07) is 14.0. The van der Waals surface area contributed by atoms with Crippen molar-refractivity contribution in [2.75, 3.05) is 0 Å². The van der Waals surface area contributed by atoms with Gasteiger partial charge in [0.05, 0.1) is 16.4 Å². The van der Waals surface area contributed by atoms with Gasteiger partial charge in [0.1, 0.15) is 5.82 Å². The molecule has 2 aromatic carbocycles. The lowest BCUT2D eigenvalue weighted by atomic mass is 10.1. The number of hydrogen-bond donors (Lipinski definition) is 0. The quantitative estimate of drug-likeness (QED) is 0.295. The van der Waals surface area contributed by atoms with Crippen LogP contribution in [0.2, 0.25) is 0 Å². The summed E-state index contributed by atoms with van der Waals surface area (Å²) in [5, 5.41) is 10.8. The van der Waals surface area contributed by atoms with Crippen LogP contribution in [0.1, 0.15) is 22.5 Å². The molecule has 1 saturated heterocycles. The van der Waals surface area contributed by atoms with Crippen molar-refractivity contribution in [3.63, 3.8) is 0 Å². The number of aromatic nitrogens is 1. The molecule has 0 atom stereocenters. The second kappa shape index (κ2) is 8.43. The molecule has 0 spiro atoms. The van der Waals surface area contributed by atoms with Gasteiger partial charge in [0, 0.05) is 28.7 Å². The van der Waals surface area contributed by atoms with Crippen molar-refractivity contribution in [3.8, 4) is 5.69 Å². The Morgan fingerprint density at radius 3 is 2.47 bits per heavy atom. The molecule has 0 unspecified atom stereocenters. The molecule has 2 amide bonds. The number of para-hydroxylation sites is 1. The van der Waals surface area contributed by atoms with Gasteiger partial charge >= 0.3 is 0 Å². The topological polar surface area (TPSA) is 85.5 Å². The number of rotatable bonds is 5. The predicted octanol–water partition coefficient (Wildman–Crippen LogP) is 5.38. The monoisotopic (exact) mass is 451 g/mol. The summed E-state index contributed by atoms with van der Waals surface area (Å²) < 4.78 is 15.2. The fraction of sp³-hybridized carbons (Fsp3) is 0.130. The molecule has 1 aliphatic heterocycles. The molecule has 0 aliphatic carbocycles. The van der Waals surface area contributed by atoms with Crippen LogP contribution in [0.4, 0.5) is 14.9 Å². The predicted molar refractivity (Wildman–Crippen MR) is 120 cm³/mol. The molecule has 9 heteroatoms. The van der Waals surface area contributed by atoms with Crippen molar-refractivity contribution in [1.82, 2.24) is 9.47 Å². The zero-order chi connectivity index (χ0) is 23.0. The molecule has 0 saturated carbocycles. The number of halogens is 1. The molecule has 32 heavy (non-hydrogen) atoms. The smallest absolute Gasteiger partial charge is 0.293 e. The summed E-state index contributed by atoms with van der Waals surface area (Å²) in [5.74, 6) is -0.825. The number of carbonyl (C=O) groups excluding carboxylic acids is 2. The van der Waals surface area contributed by atoms with Crippen LogP contribution in [-0.2, 0) is 11.3 Å². The van der Waals surface area contributed by atoms with Crippen LogP contribution in [-0.4, -0.2) is 25.5 Å². The molecule has 3 aromatic rings. The van der Waals surface area contributed by atoms with Gasteiger partial charge in [-0.15, -0.1) is 0 Å². The van der Waals surface area contributed by atoms with E-state index >= 15 is 0 Å². The maximum atomic E-state index is 13.3. The normalized spacial score (nSPS) is 15.1. The van der Waals surface area contributed by atoms with Crippen LogP contribution >= 0.6 is 11.8 Å². The molecule has 1 aliphatic rings. The molecule has 0 N–H and O–H groups in total. The lowest BCUT2D eigenvalue weighted by Gasteiger charge is -2.12. The molecular weight excluding hydrogens is 433 g/mol. The van der Waals surface area contributed by atoms with E-state index in [0.29, 0.717) is 0 Å². The largest absolute Gasteiger partial charge is 0.318 e. The second-order valence-electron chi connectivity index (χ2n) is 7.29. The number of aryl methyl sites for hydroxylation is 1. The van der Waals surface area contributed by atoms with E-state index in [9.17, 15) is 24.1 Å². The van der Waals surface area contributed by atoms with Crippen molar-refractivity contribution >= 4 is 34.7 Å². The van der Waals surface area contributed by atoms with E-state index in [0.717, 1.165) is 39.3 Å². The van der Waals surface area contributed by atoms with Gasteiger partial charge in [-0.3, -0.25) is 24.6 Å². The molecule has 4 rings (SSSR count). The Balaban J connectivity index is 1.63. The minimum absolute atomic E-state index is 0.140. The Kier molecular flexibility index (Phi) is 5.67. The Morgan fingerprint density at radius 1 is 1.09 bits per heavy atom. The van der Waals surface area contributed by atoms with Crippen molar-refractivity contribution in [2.45, 2.75) is 20.4 Å². The van der Waals surface area contributed by atoms with E-state index in [2.05, 4.69) is 0 Å². The standard InChI is InChI=1S/C23H18FN3O4S/c1-14-11-17(15(2)26(14)19-9-7-18(24)8-10-19)12-21-22(28)25(23(29)32-21)13-16-5-3-4-6-20(16)27(30)31/h3-12H,13H2,1-2H3/b21-12-. The van der Waals surface area contributed by atoms with Gasteiger partial charge in [-0.1, -0.05) is 18.2 Å². The van der Waals surface area contributed by atoms with Gasteiger partial charge in [0.15, 0.2) is 0 Å². The highest BCUT2D eigenvalue weighted by Crippen LogP contribution is 2.35. The van der Waals surface area contributed by atoms with Crippen molar-refractivity contribution in [2.24, 2.45) is 0 Å². The average Bonchev–Trinajstić information content (AvgIpc) is 3.18. The Hall–Kier alpha value is -3.72. The first kappa shape index (κ1) is 21.5. The summed E-state index contributed by atoms with van der Waals surface area (Å²) in [7, 11) is 0. The molecule has 0 bridgehead atoms. The number of nitro groups is 1. The SMILES string of the molecule is Cc1cc(/C=C2\SC(=O)N(Cc3ccccc3[N+](=O)[O-])C2=O)c(C)n1-c1ccc(F)cc1. The first-order valence-electron chi connectivity index (χ1n) is 9.69. The summed E-state index contributed by atoms with van der Waals surface area (Å²) >= 11 is 0.802. The summed E-state index contributed by atoms with van der Waals surface area (Å²) in [5.41, 5.74) is 3.40. The number of nitro benzene ring substituents is 1.